The van der Waals surface area contributed by atoms with E-state index in [1.807, 2.05) is 6.92 Å². The van der Waals surface area contributed by atoms with Gasteiger partial charge in [0.2, 0.25) is 0 Å². The number of aryl methyl sites for hydroxylation is 2. The lowest BCUT2D eigenvalue weighted by Gasteiger charge is -2.19. The van der Waals surface area contributed by atoms with Crippen molar-refractivity contribution in [2.24, 2.45) is 0 Å². The molecule has 5 heteroatoms. The molecule has 0 fully saturated rings. The number of hydrogen-bond acceptors (Lipinski definition) is 4. The highest BCUT2D eigenvalue weighted by Gasteiger charge is 2.14. The van der Waals surface area contributed by atoms with Gasteiger partial charge in [0.25, 0.3) is 5.91 Å². The summed E-state index contributed by atoms with van der Waals surface area (Å²) >= 11 is 0. The molecule has 0 heterocycles. The summed E-state index contributed by atoms with van der Waals surface area (Å²) < 4.78 is 16.0. The summed E-state index contributed by atoms with van der Waals surface area (Å²) in [6.45, 7) is 6.13. The maximum atomic E-state index is 12.3. The van der Waals surface area contributed by atoms with Gasteiger partial charge in [0.15, 0.2) is 6.61 Å². The highest BCUT2D eigenvalue weighted by Crippen LogP contribution is 2.27. The maximum absolute atomic E-state index is 12.3. The molecule has 1 amide bonds. The smallest absolute Gasteiger partial charge is 0.258 e. The Hall–Kier alpha value is -2.69. The molecule has 0 bridgehead atoms. The number of amides is 1. The second-order valence-corrected chi connectivity index (χ2v) is 6.21. The summed E-state index contributed by atoms with van der Waals surface area (Å²) in [7, 11) is 3.14. The number of carbonyl (C=O) groups excluding carboxylic acids is 1. The summed E-state index contributed by atoms with van der Waals surface area (Å²) in [5.41, 5.74) is 3.56. The summed E-state index contributed by atoms with van der Waals surface area (Å²) in [4.78, 5) is 12.3. The summed E-state index contributed by atoms with van der Waals surface area (Å²) in [6.07, 6.45) is 0.807. The number of nitrogens with one attached hydrogen (secondary N) is 1. The van der Waals surface area contributed by atoms with Crippen LogP contribution in [0, 0.1) is 13.8 Å². The Morgan fingerprint density at radius 1 is 0.962 bits per heavy atom. The third-order valence-corrected chi connectivity index (χ3v) is 4.37. The first-order chi connectivity index (χ1) is 12.5. The number of ether oxygens (including phenoxy) is 3. The lowest BCUT2D eigenvalue weighted by atomic mass is 9.99. The zero-order valence-corrected chi connectivity index (χ0v) is 16.1. The predicted octanol–water partition coefficient (Wildman–Crippen LogP) is 3.97. The maximum Gasteiger partial charge on any atom is 0.258 e. The van der Waals surface area contributed by atoms with Crippen molar-refractivity contribution in [3.63, 3.8) is 0 Å². The van der Waals surface area contributed by atoms with E-state index in [1.54, 1.807) is 32.4 Å². The SMILES string of the molecule is CCC(NC(=O)COc1cc(OC)cc(OC)c1)c1ccc(C)c(C)c1. The van der Waals surface area contributed by atoms with Crippen molar-refractivity contribution in [2.75, 3.05) is 20.8 Å². The molecule has 0 saturated heterocycles. The van der Waals surface area contributed by atoms with E-state index in [9.17, 15) is 4.79 Å². The Bertz CT molecular complexity index is 735. The Morgan fingerprint density at radius 2 is 1.58 bits per heavy atom. The van der Waals surface area contributed by atoms with Crippen molar-refractivity contribution in [1.29, 1.82) is 0 Å². The van der Waals surface area contributed by atoms with Crippen molar-refractivity contribution in [3.05, 3.63) is 53.1 Å². The van der Waals surface area contributed by atoms with Crippen LogP contribution in [0.2, 0.25) is 0 Å². The van der Waals surface area contributed by atoms with E-state index >= 15 is 0 Å². The van der Waals surface area contributed by atoms with E-state index in [0.717, 1.165) is 12.0 Å². The number of benzene rings is 2. The number of hydrogen-bond donors (Lipinski definition) is 1. The van der Waals surface area contributed by atoms with E-state index in [4.69, 9.17) is 14.2 Å². The van der Waals surface area contributed by atoms with Gasteiger partial charge < -0.3 is 19.5 Å². The Morgan fingerprint density at radius 3 is 2.12 bits per heavy atom. The molecule has 0 spiro atoms. The van der Waals surface area contributed by atoms with E-state index in [2.05, 4.69) is 37.4 Å². The topological polar surface area (TPSA) is 56.8 Å². The molecule has 26 heavy (non-hydrogen) atoms. The number of carbonyl (C=O) groups is 1. The molecule has 0 saturated carbocycles. The Kier molecular flexibility index (Phi) is 6.89. The average molecular weight is 357 g/mol. The van der Waals surface area contributed by atoms with E-state index in [-0.39, 0.29) is 18.6 Å². The highest BCUT2D eigenvalue weighted by atomic mass is 16.5. The van der Waals surface area contributed by atoms with E-state index in [1.165, 1.54) is 11.1 Å². The minimum absolute atomic E-state index is 0.0368. The van der Waals surface area contributed by atoms with Crippen LogP contribution >= 0.6 is 0 Å². The molecule has 1 atom stereocenters. The van der Waals surface area contributed by atoms with Crippen LogP contribution < -0.4 is 19.5 Å². The van der Waals surface area contributed by atoms with Gasteiger partial charge in [0.05, 0.1) is 20.3 Å². The predicted molar refractivity (Wildman–Crippen MR) is 102 cm³/mol. The molecular weight excluding hydrogens is 330 g/mol. The van der Waals surface area contributed by atoms with Crippen molar-refractivity contribution in [2.45, 2.75) is 33.2 Å². The van der Waals surface area contributed by atoms with Crippen LogP contribution in [0.4, 0.5) is 0 Å². The second-order valence-electron chi connectivity index (χ2n) is 6.21. The van der Waals surface area contributed by atoms with Gasteiger partial charge in [-0.1, -0.05) is 25.1 Å². The molecular formula is C21H27NO4. The molecule has 5 nitrogen and oxygen atoms in total. The summed E-state index contributed by atoms with van der Waals surface area (Å²) in [5.74, 6) is 1.58. The first-order valence-electron chi connectivity index (χ1n) is 8.69. The molecule has 0 aliphatic heterocycles. The minimum Gasteiger partial charge on any atom is -0.496 e. The number of methoxy groups -OCH3 is 2. The molecule has 0 aromatic heterocycles. The van der Waals surface area contributed by atoms with Gasteiger partial charge in [0.1, 0.15) is 17.2 Å². The molecule has 140 valence electrons. The normalized spacial score (nSPS) is 11.6. The molecule has 2 aromatic carbocycles. The van der Waals surface area contributed by atoms with Crippen molar-refractivity contribution < 1.29 is 19.0 Å². The van der Waals surface area contributed by atoms with E-state index < -0.39 is 0 Å². The van der Waals surface area contributed by atoms with Crippen molar-refractivity contribution in [1.82, 2.24) is 5.32 Å². The quantitative estimate of drug-likeness (QED) is 0.777. The van der Waals surface area contributed by atoms with Gasteiger partial charge in [-0.05, 0) is 37.0 Å². The van der Waals surface area contributed by atoms with Gasteiger partial charge in [-0.2, -0.15) is 0 Å². The van der Waals surface area contributed by atoms with Crippen LogP contribution in [0.5, 0.6) is 17.2 Å². The zero-order valence-electron chi connectivity index (χ0n) is 16.1. The van der Waals surface area contributed by atoms with Crippen LogP contribution in [-0.2, 0) is 4.79 Å². The van der Waals surface area contributed by atoms with Crippen LogP contribution in [0.1, 0.15) is 36.1 Å². The first-order valence-corrected chi connectivity index (χ1v) is 8.69. The fourth-order valence-corrected chi connectivity index (χ4v) is 2.65. The Labute approximate surface area is 155 Å². The van der Waals surface area contributed by atoms with Crippen molar-refractivity contribution in [3.8, 4) is 17.2 Å². The molecule has 0 aliphatic rings. The van der Waals surface area contributed by atoms with E-state index in [0.29, 0.717) is 17.2 Å². The lowest BCUT2D eigenvalue weighted by Crippen LogP contribution is -2.32. The fraction of sp³-hybridized carbons (Fsp3) is 0.381. The summed E-state index contributed by atoms with van der Waals surface area (Å²) in [5, 5.41) is 3.03. The lowest BCUT2D eigenvalue weighted by molar-refractivity contribution is -0.123. The second kappa shape index (κ2) is 9.13. The van der Waals surface area contributed by atoms with Gasteiger partial charge in [0, 0.05) is 18.2 Å². The molecule has 2 aromatic rings. The summed E-state index contributed by atoms with van der Waals surface area (Å²) in [6, 6.07) is 11.4. The zero-order chi connectivity index (χ0) is 19.1. The van der Waals surface area contributed by atoms with Gasteiger partial charge in [-0.25, -0.2) is 0 Å². The Balaban J connectivity index is 2.00. The number of rotatable bonds is 8. The molecule has 1 N–H and O–H groups in total. The molecule has 0 radical (unpaired) electrons. The van der Waals surface area contributed by atoms with Crippen LogP contribution in [0.25, 0.3) is 0 Å². The van der Waals surface area contributed by atoms with Crippen LogP contribution in [0.3, 0.4) is 0 Å². The third-order valence-electron chi connectivity index (χ3n) is 4.37. The fourth-order valence-electron chi connectivity index (χ4n) is 2.65. The van der Waals surface area contributed by atoms with Gasteiger partial charge in [-0.3, -0.25) is 4.79 Å². The van der Waals surface area contributed by atoms with Crippen molar-refractivity contribution >= 4 is 5.91 Å². The molecule has 1 unspecified atom stereocenters. The first kappa shape index (κ1) is 19.6. The average Bonchev–Trinajstić information content (AvgIpc) is 2.66. The van der Waals surface area contributed by atoms with Crippen LogP contribution in [0.15, 0.2) is 36.4 Å². The van der Waals surface area contributed by atoms with Gasteiger partial charge in [-0.15, -0.1) is 0 Å². The minimum atomic E-state index is -0.170. The highest BCUT2D eigenvalue weighted by molar-refractivity contribution is 5.78. The molecule has 0 aliphatic carbocycles. The third kappa shape index (κ3) is 5.15. The van der Waals surface area contributed by atoms with Gasteiger partial charge >= 0.3 is 0 Å². The largest absolute Gasteiger partial charge is 0.496 e. The monoisotopic (exact) mass is 357 g/mol. The standard InChI is InChI=1S/C21H27NO4/c1-6-20(16-8-7-14(2)15(3)9-16)22-21(23)13-26-19-11-17(24-4)10-18(12-19)25-5/h7-12,20H,6,13H2,1-5H3,(H,22,23). The van der Waals surface area contributed by atoms with Crippen LogP contribution in [-0.4, -0.2) is 26.7 Å². The molecule has 2 rings (SSSR count).